The summed E-state index contributed by atoms with van der Waals surface area (Å²) >= 11 is 0. The molecule has 1 aliphatic rings. The first-order valence-electron chi connectivity index (χ1n) is 9.81. The second-order valence-corrected chi connectivity index (χ2v) is 11.0. The lowest BCUT2D eigenvalue weighted by Gasteiger charge is -2.29. The van der Waals surface area contributed by atoms with Gasteiger partial charge in [-0.05, 0) is 35.1 Å². The van der Waals surface area contributed by atoms with Crippen molar-refractivity contribution < 1.29 is 18.1 Å². The molecule has 0 spiro atoms. The molecular weight excluding hydrogens is 404 g/mol. The Morgan fingerprint density at radius 1 is 1.10 bits per heavy atom. The Labute approximate surface area is 176 Å². The highest BCUT2D eigenvalue weighted by molar-refractivity contribution is 7.91. The van der Waals surface area contributed by atoms with Crippen LogP contribution >= 0.6 is 0 Å². The number of nitrogens with zero attached hydrogens (tertiary/aromatic N) is 2. The number of carbonyl (C=O) groups is 1. The van der Waals surface area contributed by atoms with E-state index in [9.17, 15) is 23.3 Å². The molecule has 0 radical (unpaired) electrons. The summed E-state index contributed by atoms with van der Waals surface area (Å²) in [5.74, 6) is -0.330. The van der Waals surface area contributed by atoms with E-state index in [0.29, 0.717) is 12.0 Å². The van der Waals surface area contributed by atoms with Crippen LogP contribution in [-0.2, 0) is 21.8 Å². The molecule has 0 unspecified atom stereocenters. The predicted octanol–water partition coefficient (Wildman–Crippen LogP) is 3.72. The van der Waals surface area contributed by atoms with Gasteiger partial charge in [0.15, 0.2) is 9.84 Å². The molecule has 160 valence electrons. The summed E-state index contributed by atoms with van der Waals surface area (Å²) in [5.41, 5.74) is 2.28. The Morgan fingerprint density at radius 3 is 2.17 bits per heavy atom. The summed E-state index contributed by atoms with van der Waals surface area (Å²) in [4.78, 5) is 25.2. The molecule has 2 aromatic rings. The van der Waals surface area contributed by atoms with Gasteiger partial charge in [-0.25, -0.2) is 8.42 Å². The lowest BCUT2D eigenvalue weighted by Crippen LogP contribution is -2.40. The van der Waals surface area contributed by atoms with Gasteiger partial charge in [0.2, 0.25) is 0 Å². The molecule has 0 saturated carbocycles. The fraction of sp³-hybridized carbons (Fsp3) is 0.409. The fourth-order valence-electron chi connectivity index (χ4n) is 3.59. The predicted molar refractivity (Wildman–Crippen MR) is 115 cm³/mol. The summed E-state index contributed by atoms with van der Waals surface area (Å²) in [6, 6.07) is 13.0. The molecule has 7 nitrogen and oxygen atoms in total. The Kier molecular flexibility index (Phi) is 5.99. The van der Waals surface area contributed by atoms with Gasteiger partial charge in [0.1, 0.15) is 0 Å². The second kappa shape index (κ2) is 8.18. The third-order valence-corrected chi connectivity index (χ3v) is 7.16. The summed E-state index contributed by atoms with van der Waals surface area (Å²) in [5, 5.41) is 10.9. The van der Waals surface area contributed by atoms with E-state index in [1.807, 2.05) is 24.3 Å². The van der Waals surface area contributed by atoms with Crippen molar-refractivity contribution in [2.75, 3.05) is 11.5 Å². The van der Waals surface area contributed by atoms with Crippen molar-refractivity contribution >= 4 is 21.4 Å². The Morgan fingerprint density at radius 2 is 1.70 bits per heavy atom. The van der Waals surface area contributed by atoms with Crippen LogP contribution in [0.3, 0.4) is 0 Å². The van der Waals surface area contributed by atoms with E-state index < -0.39 is 20.8 Å². The van der Waals surface area contributed by atoms with Crippen LogP contribution in [-0.4, -0.2) is 41.7 Å². The summed E-state index contributed by atoms with van der Waals surface area (Å²) in [6.07, 6.45) is 0.390. The largest absolute Gasteiger partial charge is 0.330 e. The molecular formula is C22H26N2O5S. The molecule has 1 fully saturated rings. The molecule has 0 aliphatic carbocycles. The molecule has 8 heteroatoms. The number of rotatable bonds is 5. The van der Waals surface area contributed by atoms with Crippen LogP contribution in [0.15, 0.2) is 48.5 Å². The van der Waals surface area contributed by atoms with Crippen LogP contribution in [0.25, 0.3) is 0 Å². The average Bonchev–Trinajstić information content (AvgIpc) is 3.05. The minimum Gasteiger partial charge on any atom is -0.330 e. The molecule has 1 saturated heterocycles. The zero-order chi connectivity index (χ0) is 22.1. The molecule has 1 aliphatic heterocycles. The van der Waals surface area contributed by atoms with E-state index in [0.717, 1.165) is 5.56 Å². The highest BCUT2D eigenvalue weighted by atomic mass is 32.2. The number of nitro groups is 1. The van der Waals surface area contributed by atoms with Gasteiger partial charge in [0, 0.05) is 30.3 Å². The van der Waals surface area contributed by atoms with Gasteiger partial charge in [0.25, 0.3) is 11.6 Å². The molecule has 1 atom stereocenters. The average molecular weight is 431 g/mol. The third-order valence-electron chi connectivity index (χ3n) is 5.41. The minimum absolute atomic E-state index is 0.00627. The molecule has 1 amide bonds. The van der Waals surface area contributed by atoms with E-state index in [1.54, 1.807) is 4.90 Å². The Bertz CT molecular complexity index is 1040. The maximum Gasteiger partial charge on any atom is 0.269 e. The molecule has 30 heavy (non-hydrogen) atoms. The lowest BCUT2D eigenvalue weighted by molar-refractivity contribution is -0.384. The van der Waals surface area contributed by atoms with Crippen LogP contribution < -0.4 is 0 Å². The van der Waals surface area contributed by atoms with E-state index >= 15 is 0 Å². The van der Waals surface area contributed by atoms with Gasteiger partial charge >= 0.3 is 0 Å². The first-order chi connectivity index (χ1) is 14.0. The number of nitro benzene ring substituents is 1. The van der Waals surface area contributed by atoms with E-state index in [-0.39, 0.29) is 35.1 Å². The van der Waals surface area contributed by atoms with E-state index in [4.69, 9.17) is 0 Å². The van der Waals surface area contributed by atoms with Crippen molar-refractivity contribution in [1.29, 1.82) is 0 Å². The molecule has 0 N–H and O–H groups in total. The maximum atomic E-state index is 13.2. The van der Waals surface area contributed by atoms with Gasteiger partial charge in [-0.15, -0.1) is 0 Å². The zero-order valence-corrected chi connectivity index (χ0v) is 18.2. The minimum atomic E-state index is -3.18. The molecule has 1 heterocycles. The number of hydrogen-bond acceptors (Lipinski definition) is 5. The second-order valence-electron chi connectivity index (χ2n) is 8.74. The zero-order valence-electron chi connectivity index (χ0n) is 17.4. The topological polar surface area (TPSA) is 97.6 Å². The van der Waals surface area contributed by atoms with Gasteiger partial charge in [-0.1, -0.05) is 45.0 Å². The van der Waals surface area contributed by atoms with Crippen molar-refractivity contribution in [3.05, 3.63) is 75.3 Å². The lowest BCUT2D eigenvalue weighted by atomic mass is 9.86. The summed E-state index contributed by atoms with van der Waals surface area (Å²) < 4.78 is 24.0. The summed E-state index contributed by atoms with van der Waals surface area (Å²) in [6.45, 7) is 6.64. The van der Waals surface area contributed by atoms with Crippen molar-refractivity contribution in [2.24, 2.45) is 0 Å². The summed E-state index contributed by atoms with van der Waals surface area (Å²) in [7, 11) is -3.18. The molecule has 0 bridgehead atoms. The number of amides is 1. The number of hydrogen-bond donors (Lipinski definition) is 0. The first-order valence-corrected chi connectivity index (χ1v) is 11.6. The van der Waals surface area contributed by atoms with Crippen molar-refractivity contribution in [3.8, 4) is 0 Å². The standard InChI is InChI=1S/C22H26N2O5S/c1-22(2,3)18-8-4-16(5-9-18)14-23(20-12-13-30(28,29)15-20)21(25)17-6-10-19(11-7-17)24(26)27/h4-11,20H,12-15H2,1-3H3/t20-/m0/s1. The van der Waals surface area contributed by atoms with Gasteiger partial charge in [0.05, 0.1) is 16.4 Å². The number of benzene rings is 2. The highest BCUT2D eigenvalue weighted by Gasteiger charge is 2.35. The third kappa shape index (κ3) is 5.05. The number of non-ortho nitro benzene ring substituents is 1. The normalized spacial score (nSPS) is 18.2. The van der Waals surface area contributed by atoms with Crippen LogP contribution in [0, 0.1) is 10.1 Å². The van der Waals surface area contributed by atoms with Crippen molar-refractivity contribution in [3.63, 3.8) is 0 Å². The molecule has 2 aromatic carbocycles. The quantitative estimate of drug-likeness (QED) is 0.532. The van der Waals surface area contributed by atoms with Crippen LogP contribution in [0.4, 0.5) is 5.69 Å². The monoisotopic (exact) mass is 430 g/mol. The van der Waals surface area contributed by atoms with Crippen molar-refractivity contribution in [2.45, 2.75) is 45.2 Å². The van der Waals surface area contributed by atoms with Gasteiger partial charge in [-0.3, -0.25) is 14.9 Å². The van der Waals surface area contributed by atoms with Crippen LogP contribution in [0.1, 0.15) is 48.7 Å². The van der Waals surface area contributed by atoms with Gasteiger partial charge in [-0.2, -0.15) is 0 Å². The SMILES string of the molecule is CC(C)(C)c1ccc(CN(C(=O)c2ccc([N+](=O)[O-])cc2)[C@H]2CCS(=O)(=O)C2)cc1. The van der Waals surface area contributed by atoms with Crippen molar-refractivity contribution in [1.82, 2.24) is 4.90 Å². The Balaban J connectivity index is 1.88. The Hall–Kier alpha value is -2.74. The number of carbonyl (C=O) groups excluding carboxylic acids is 1. The maximum absolute atomic E-state index is 13.2. The van der Waals surface area contributed by atoms with Gasteiger partial charge < -0.3 is 4.90 Å². The van der Waals surface area contributed by atoms with Crippen LogP contribution in [0.2, 0.25) is 0 Å². The molecule has 3 rings (SSSR count). The smallest absolute Gasteiger partial charge is 0.269 e. The molecule has 0 aromatic heterocycles. The van der Waals surface area contributed by atoms with Crippen LogP contribution in [0.5, 0.6) is 0 Å². The number of sulfone groups is 1. The van der Waals surface area contributed by atoms with E-state index in [1.165, 1.54) is 29.8 Å². The highest BCUT2D eigenvalue weighted by Crippen LogP contribution is 2.26. The first kappa shape index (κ1) is 22.0. The fourth-order valence-corrected chi connectivity index (χ4v) is 5.32. The van der Waals surface area contributed by atoms with E-state index in [2.05, 4.69) is 20.8 Å².